The fraction of sp³-hybridized carbons (Fsp3) is 0.286. The average Bonchev–Trinajstić information content (AvgIpc) is 2.37. The summed E-state index contributed by atoms with van der Waals surface area (Å²) < 4.78 is 5.36. The Bertz CT molecular complexity index is 511. The first-order chi connectivity index (χ1) is 8.27. The van der Waals surface area contributed by atoms with Gasteiger partial charge in [0, 0.05) is 18.2 Å². The number of hydrogen-bond acceptors (Lipinski definition) is 3. The number of hydrogen-bond donors (Lipinski definition) is 2. The van der Waals surface area contributed by atoms with Gasteiger partial charge in [-0.1, -0.05) is 30.3 Å². The lowest BCUT2D eigenvalue weighted by atomic mass is 9.96. The van der Waals surface area contributed by atoms with Crippen LogP contribution in [0.1, 0.15) is 18.0 Å². The van der Waals surface area contributed by atoms with Crippen LogP contribution in [0.5, 0.6) is 5.75 Å². The van der Waals surface area contributed by atoms with Crippen molar-refractivity contribution in [3.05, 3.63) is 42.0 Å². The van der Waals surface area contributed by atoms with E-state index in [1.807, 2.05) is 36.4 Å². The summed E-state index contributed by atoms with van der Waals surface area (Å²) >= 11 is 0. The monoisotopic (exact) mass is 231 g/mol. The quantitative estimate of drug-likeness (QED) is 0.848. The fourth-order valence-electron chi connectivity index (χ4n) is 2.12. The topological polar surface area (TPSA) is 55.5 Å². The van der Waals surface area contributed by atoms with Crippen LogP contribution in [0.4, 0.5) is 0 Å². The third kappa shape index (κ3) is 2.25. The van der Waals surface area contributed by atoms with Crippen molar-refractivity contribution in [3.8, 4) is 5.75 Å². The van der Waals surface area contributed by atoms with Crippen LogP contribution in [-0.4, -0.2) is 18.8 Å². The Kier molecular flexibility index (Phi) is 3.61. The second-order valence-corrected chi connectivity index (χ2v) is 4.02. The van der Waals surface area contributed by atoms with Crippen molar-refractivity contribution in [2.45, 2.75) is 12.5 Å². The number of fused-ring (bicyclic) bond motifs is 1. The summed E-state index contributed by atoms with van der Waals surface area (Å²) in [5.41, 5.74) is 7.08. The maximum Gasteiger partial charge on any atom is 0.124 e. The lowest BCUT2D eigenvalue weighted by Gasteiger charge is -2.17. The SMILES string of the molecule is COc1ccc2ccccc2c1[C@@H](N)CCO. The molecular formula is C14H17NO2. The van der Waals surface area contributed by atoms with E-state index in [1.54, 1.807) is 7.11 Å². The number of rotatable bonds is 4. The molecule has 2 rings (SSSR count). The van der Waals surface area contributed by atoms with Gasteiger partial charge in [0.15, 0.2) is 0 Å². The van der Waals surface area contributed by atoms with Gasteiger partial charge in [-0.3, -0.25) is 0 Å². The zero-order valence-corrected chi connectivity index (χ0v) is 9.89. The van der Waals surface area contributed by atoms with Gasteiger partial charge >= 0.3 is 0 Å². The van der Waals surface area contributed by atoms with E-state index in [0.717, 1.165) is 22.1 Å². The van der Waals surface area contributed by atoms with Gasteiger partial charge in [0.25, 0.3) is 0 Å². The second-order valence-electron chi connectivity index (χ2n) is 4.02. The van der Waals surface area contributed by atoms with Crippen molar-refractivity contribution in [2.75, 3.05) is 13.7 Å². The van der Waals surface area contributed by atoms with E-state index in [1.165, 1.54) is 0 Å². The summed E-state index contributed by atoms with van der Waals surface area (Å²) in [4.78, 5) is 0. The Morgan fingerprint density at radius 1 is 1.24 bits per heavy atom. The van der Waals surface area contributed by atoms with Crippen molar-refractivity contribution >= 4 is 10.8 Å². The van der Waals surface area contributed by atoms with E-state index in [0.29, 0.717) is 6.42 Å². The number of ether oxygens (including phenoxy) is 1. The number of nitrogens with two attached hydrogens (primary N) is 1. The molecule has 0 fully saturated rings. The summed E-state index contributed by atoms with van der Waals surface area (Å²) in [6.07, 6.45) is 0.532. The van der Waals surface area contributed by atoms with Crippen molar-refractivity contribution in [3.63, 3.8) is 0 Å². The number of methoxy groups -OCH3 is 1. The van der Waals surface area contributed by atoms with Gasteiger partial charge in [0.05, 0.1) is 7.11 Å². The lowest BCUT2D eigenvalue weighted by Crippen LogP contribution is -2.13. The molecule has 0 aliphatic heterocycles. The maximum absolute atomic E-state index is 9.01. The minimum absolute atomic E-state index is 0.0769. The molecule has 0 saturated heterocycles. The Morgan fingerprint density at radius 3 is 2.71 bits per heavy atom. The summed E-state index contributed by atoms with van der Waals surface area (Å²) in [7, 11) is 1.64. The maximum atomic E-state index is 9.01. The van der Waals surface area contributed by atoms with Gasteiger partial charge < -0.3 is 15.6 Å². The zero-order valence-electron chi connectivity index (χ0n) is 9.89. The molecule has 1 atom stereocenters. The first-order valence-electron chi connectivity index (χ1n) is 5.70. The molecule has 0 radical (unpaired) electrons. The van der Waals surface area contributed by atoms with Crippen LogP contribution in [0.25, 0.3) is 10.8 Å². The molecule has 90 valence electrons. The smallest absolute Gasteiger partial charge is 0.124 e. The predicted octanol–water partition coefficient (Wildman–Crippen LogP) is 2.23. The van der Waals surface area contributed by atoms with Crippen molar-refractivity contribution < 1.29 is 9.84 Å². The molecule has 0 amide bonds. The average molecular weight is 231 g/mol. The minimum Gasteiger partial charge on any atom is -0.496 e. The van der Waals surface area contributed by atoms with Gasteiger partial charge in [-0.15, -0.1) is 0 Å². The van der Waals surface area contributed by atoms with Gasteiger partial charge in [-0.2, -0.15) is 0 Å². The predicted molar refractivity (Wildman–Crippen MR) is 69.1 cm³/mol. The molecule has 0 spiro atoms. The van der Waals surface area contributed by atoms with Crippen LogP contribution in [0.15, 0.2) is 36.4 Å². The van der Waals surface area contributed by atoms with E-state index < -0.39 is 0 Å². The summed E-state index contributed by atoms with van der Waals surface area (Å²) in [6, 6.07) is 11.8. The van der Waals surface area contributed by atoms with Crippen molar-refractivity contribution in [2.24, 2.45) is 5.73 Å². The van der Waals surface area contributed by atoms with E-state index in [9.17, 15) is 0 Å². The van der Waals surface area contributed by atoms with Crippen LogP contribution in [0.3, 0.4) is 0 Å². The molecule has 3 N–H and O–H groups in total. The van der Waals surface area contributed by atoms with Crippen LogP contribution in [0.2, 0.25) is 0 Å². The first kappa shape index (κ1) is 11.9. The molecule has 2 aromatic rings. The molecule has 17 heavy (non-hydrogen) atoms. The fourth-order valence-corrected chi connectivity index (χ4v) is 2.12. The molecule has 2 aromatic carbocycles. The Hall–Kier alpha value is -1.58. The van der Waals surface area contributed by atoms with Crippen molar-refractivity contribution in [1.82, 2.24) is 0 Å². The van der Waals surface area contributed by atoms with Gasteiger partial charge in [0.1, 0.15) is 5.75 Å². The molecule has 0 unspecified atom stereocenters. The number of aliphatic hydroxyl groups excluding tert-OH is 1. The Morgan fingerprint density at radius 2 is 2.00 bits per heavy atom. The van der Waals surface area contributed by atoms with E-state index >= 15 is 0 Å². The molecule has 0 aromatic heterocycles. The molecule has 3 nitrogen and oxygen atoms in total. The normalized spacial score (nSPS) is 12.6. The van der Waals surface area contributed by atoms with Crippen LogP contribution in [0, 0.1) is 0 Å². The standard InChI is InChI=1S/C14H17NO2/c1-17-13-7-6-10-4-2-3-5-11(10)14(13)12(15)8-9-16/h2-7,12,16H,8-9,15H2,1H3/t12-/m0/s1. The molecule has 0 bridgehead atoms. The molecule has 0 heterocycles. The minimum atomic E-state index is -0.207. The summed E-state index contributed by atoms with van der Waals surface area (Å²) in [5, 5.41) is 11.2. The molecular weight excluding hydrogens is 214 g/mol. The molecule has 3 heteroatoms. The molecule has 0 aliphatic carbocycles. The Balaban J connectivity index is 2.62. The lowest BCUT2D eigenvalue weighted by molar-refractivity contribution is 0.275. The highest BCUT2D eigenvalue weighted by Gasteiger charge is 2.14. The van der Waals surface area contributed by atoms with E-state index in [4.69, 9.17) is 15.6 Å². The van der Waals surface area contributed by atoms with Gasteiger partial charge in [0.2, 0.25) is 0 Å². The molecule has 0 saturated carbocycles. The zero-order chi connectivity index (χ0) is 12.3. The van der Waals surface area contributed by atoms with Gasteiger partial charge in [-0.05, 0) is 23.3 Å². The summed E-state index contributed by atoms with van der Waals surface area (Å²) in [6.45, 7) is 0.0769. The highest BCUT2D eigenvalue weighted by Crippen LogP contribution is 2.33. The number of benzene rings is 2. The van der Waals surface area contributed by atoms with E-state index in [-0.39, 0.29) is 12.6 Å². The third-order valence-electron chi connectivity index (χ3n) is 2.96. The van der Waals surface area contributed by atoms with Crippen LogP contribution in [-0.2, 0) is 0 Å². The van der Waals surface area contributed by atoms with Gasteiger partial charge in [-0.25, -0.2) is 0 Å². The molecule has 0 aliphatic rings. The van der Waals surface area contributed by atoms with Crippen LogP contribution >= 0.6 is 0 Å². The second kappa shape index (κ2) is 5.17. The van der Waals surface area contributed by atoms with E-state index in [2.05, 4.69) is 0 Å². The highest BCUT2D eigenvalue weighted by atomic mass is 16.5. The highest BCUT2D eigenvalue weighted by molar-refractivity contribution is 5.88. The number of aliphatic hydroxyl groups is 1. The van der Waals surface area contributed by atoms with Crippen LogP contribution < -0.4 is 10.5 Å². The largest absolute Gasteiger partial charge is 0.496 e. The van der Waals surface area contributed by atoms with Crippen molar-refractivity contribution in [1.29, 1.82) is 0 Å². The third-order valence-corrected chi connectivity index (χ3v) is 2.96. The first-order valence-corrected chi connectivity index (χ1v) is 5.70. The Labute approximate surface area is 101 Å². The summed E-state index contributed by atoms with van der Waals surface area (Å²) in [5.74, 6) is 0.782.